The highest BCUT2D eigenvalue weighted by atomic mass is 16.4. The Hall–Kier alpha value is -2.08. The third-order valence-electron chi connectivity index (χ3n) is 4.32. The topological polar surface area (TPSA) is 72.9 Å². The second kappa shape index (κ2) is 7.21. The number of nitrogens with one attached hydrogen (secondary N) is 1. The molecule has 1 aromatic carbocycles. The lowest BCUT2D eigenvalue weighted by Gasteiger charge is -2.32. The van der Waals surface area contributed by atoms with Gasteiger partial charge >= 0.3 is 5.97 Å². The minimum Gasteiger partial charge on any atom is -0.480 e. The van der Waals surface area contributed by atoms with Crippen LogP contribution in [-0.4, -0.2) is 66.1 Å². The number of piperazine rings is 1. The number of aliphatic carboxylic acids is 1. The van der Waals surface area contributed by atoms with Crippen molar-refractivity contribution in [1.29, 1.82) is 0 Å². The summed E-state index contributed by atoms with van der Waals surface area (Å²) in [6.45, 7) is 8.79. The van der Waals surface area contributed by atoms with Gasteiger partial charge in [-0.15, -0.1) is 0 Å². The average molecular weight is 333 g/mol. The summed E-state index contributed by atoms with van der Waals surface area (Å²) >= 11 is 0. The number of carbonyl (C=O) groups excluding carboxylic acids is 1. The zero-order valence-corrected chi connectivity index (χ0v) is 14.9. The van der Waals surface area contributed by atoms with Crippen molar-refractivity contribution in [3.8, 4) is 0 Å². The van der Waals surface area contributed by atoms with Crippen LogP contribution in [0.1, 0.15) is 31.1 Å². The molecule has 1 amide bonds. The molecular formula is C18H27N3O3. The summed E-state index contributed by atoms with van der Waals surface area (Å²) in [5.74, 6) is -0.910. The number of nitrogens with zero attached hydrogens (tertiary/aromatic N) is 2. The van der Waals surface area contributed by atoms with E-state index >= 15 is 0 Å². The summed E-state index contributed by atoms with van der Waals surface area (Å²) in [4.78, 5) is 28.2. The molecule has 1 aliphatic heterocycles. The van der Waals surface area contributed by atoms with Crippen LogP contribution in [0.4, 0.5) is 5.69 Å². The fourth-order valence-electron chi connectivity index (χ4n) is 2.75. The minimum absolute atomic E-state index is 0.00520. The number of anilines is 1. The zero-order chi connectivity index (χ0) is 17.9. The molecule has 2 N–H and O–H groups in total. The molecule has 1 aliphatic rings. The first kappa shape index (κ1) is 18.3. The van der Waals surface area contributed by atoms with Gasteiger partial charge in [0.05, 0.1) is 0 Å². The van der Waals surface area contributed by atoms with E-state index in [1.165, 1.54) is 0 Å². The molecule has 0 bridgehead atoms. The molecule has 1 fully saturated rings. The standard InChI is InChI=1S/C18H27N3O3/c1-18(2,3)15(17(23)24)19-14-7-5-6-13(12-14)16(22)21-10-8-20(4)9-11-21/h5-7,12,15,19H,8-11H2,1-4H3,(H,23,24). The van der Waals surface area contributed by atoms with E-state index in [1.54, 1.807) is 24.3 Å². The van der Waals surface area contributed by atoms with E-state index < -0.39 is 17.4 Å². The van der Waals surface area contributed by atoms with Gasteiger partial charge in [0.2, 0.25) is 0 Å². The maximum absolute atomic E-state index is 12.6. The molecule has 1 saturated heterocycles. The number of benzene rings is 1. The van der Waals surface area contributed by atoms with Crippen molar-refractivity contribution in [3.05, 3.63) is 29.8 Å². The van der Waals surface area contributed by atoms with Gasteiger partial charge in [0.25, 0.3) is 5.91 Å². The van der Waals surface area contributed by atoms with Crippen molar-refractivity contribution in [2.45, 2.75) is 26.8 Å². The van der Waals surface area contributed by atoms with E-state index in [2.05, 4.69) is 10.2 Å². The fraction of sp³-hybridized carbons (Fsp3) is 0.556. The van der Waals surface area contributed by atoms with Crippen LogP contribution in [0, 0.1) is 5.41 Å². The number of carbonyl (C=O) groups is 2. The Morgan fingerprint density at radius 2 is 1.79 bits per heavy atom. The Morgan fingerprint density at radius 1 is 1.17 bits per heavy atom. The van der Waals surface area contributed by atoms with E-state index in [9.17, 15) is 14.7 Å². The second-order valence-corrected chi connectivity index (χ2v) is 7.46. The highest BCUT2D eigenvalue weighted by molar-refractivity contribution is 5.95. The van der Waals surface area contributed by atoms with Gasteiger partial charge in [-0.2, -0.15) is 0 Å². The van der Waals surface area contributed by atoms with Gasteiger partial charge in [-0.05, 0) is 30.7 Å². The lowest BCUT2D eigenvalue weighted by Crippen LogP contribution is -2.47. The molecule has 1 heterocycles. The molecule has 0 aromatic heterocycles. The lowest BCUT2D eigenvalue weighted by atomic mass is 9.86. The predicted octanol–water partition coefficient (Wildman–Crippen LogP) is 1.99. The number of carboxylic acids is 1. The van der Waals surface area contributed by atoms with Crippen LogP contribution in [0.25, 0.3) is 0 Å². The minimum atomic E-state index is -0.904. The molecule has 0 spiro atoms. The summed E-state index contributed by atoms with van der Waals surface area (Å²) in [5.41, 5.74) is 0.795. The summed E-state index contributed by atoms with van der Waals surface area (Å²) in [6, 6.07) is 6.36. The van der Waals surface area contributed by atoms with E-state index in [-0.39, 0.29) is 5.91 Å². The average Bonchev–Trinajstić information content (AvgIpc) is 2.51. The predicted molar refractivity (Wildman–Crippen MR) is 94.3 cm³/mol. The Morgan fingerprint density at radius 3 is 2.33 bits per heavy atom. The van der Waals surface area contributed by atoms with Gasteiger partial charge in [0, 0.05) is 37.4 Å². The second-order valence-electron chi connectivity index (χ2n) is 7.46. The zero-order valence-electron chi connectivity index (χ0n) is 14.9. The van der Waals surface area contributed by atoms with E-state index in [1.807, 2.05) is 32.7 Å². The quantitative estimate of drug-likeness (QED) is 0.881. The Labute approximate surface area is 143 Å². The maximum atomic E-state index is 12.6. The van der Waals surface area contributed by atoms with Crippen molar-refractivity contribution in [2.24, 2.45) is 5.41 Å². The van der Waals surface area contributed by atoms with Crippen LogP contribution < -0.4 is 5.32 Å². The van der Waals surface area contributed by atoms with Crippen LogP contribution >= 0.6 is 0 Å². The highest BCUT2D eigenvalue weighted by Gasteiger charge is 2.31. The molecule has 6 nitrogen and oxygen atoms in total. The number of hydrogen-bond acceptors (Lipinski definition) is 4. The molecule has 0 aliphatic carbocycles. The van der Waals surface area contributed by atoms with E-state index in [0.29, 0.717) is 24.3 Å². The molecule has 0 radical (unpaired) electrons. The molecule has 1 aromatic rings. The van der Waals surface area contributed by atoms with Crippen LogP contribution in [0.2, 0.25) is 0 Å². The van der Waals surface area contributed by atoms with E-state index in [0.717, 1.165) is 13.1 Å². The number of carboxylic acid groups (broad SMARTS) is 1. The SMILES string of the molecule is CN1CCN(C(=O)c2cccc(NC(C(=O)O)C(C)(C)C)c2)CC1. The Kier molecular flexibility index (Phi) is 5.49. The summed E-state index contributed by atoms with van der Waals surface area (Å²) in [7, 11) is 2.05. The van der Waals surface area contributed by atoms with Gasteiger partial charge in [-0.3, -0.25) is 4.79 Å². The monoisotopic (exact) mass is 333 g/mol. The Bertz CT molecular complexity index is 602. The maximum Gasteiger partial charge on any atom is 0.326 e. The molecule has 6 heteroatoms. The summed E-state index contributed by atoms with van der Waals surface area (Å²) in [5, 5.41) is 12.5. The highest BCUT2D eigenvalue weighted by Crippen LogP contribution is 2.24. The van der Waals surface area contributed by atoms with Crippen LogP contribution in [0.5, 0.6) is 0 Å². The van der Waals surface area contributed by atoms with Crippen LogP contribution in [0.15, 0.2) is 24.3 Å². The van der Waals surface area contributed by atoms with Crippen molar-refractivity contribution in [1.82, 2.24) is 9.80 Å². The van der Waals surface area contributed by atoms with Crippen LogP contribution in [-0.2, 0) is 4.79 Å². The largest absolute Gasteiger partial charge is 0.480 e. The molecule has 0 saturated carbocycles. The lowest BCUT2D eigenvalue weighted by molar-refractivity contribution is -0.140. The van der Waals surface area contributed by atoms with Crippen molar-refractivity contribution in [2.75, 3.05) is 38.5 Å². The molecule has 132 valence electrons. The van der Waals surface area contributed by atoms with Gasteiger partial charge in [-0.25, -0.2) is 4.79 Å². The van der Waals surface area contributed by atoms with Gasteiger partial charge < -0.3 is 20.2 Å². The van der Waals surface area contributed by atoms with Crippen molar-refractivity contribution >= 4 is 17.6 Å². The first-order chi connectivity index (χ1) is 11.2. The first-order valence-electron chi connectivity index (χ1n) is 8.25. The van der Waals surface area contributed by atoms with Crippen molar-refractivity contribution in [3.63, 3.8) is 0 Å². The smallest absolute Gasteiger partial charge is 0.326 e. The van der Waals surface area contributed by atoms with Crippen molar-refractivity contribution < 1.29 is 14.7 Å². The van der Waals surface area contributed by atoms with Gasteiger partial charge in [-0.1, -0.05) is 26.8 Å². The third kappa shape index (κ3) is 4.47. The number of likely N-dealkylation sites (N-methyl/N-ethyl adjacent to an activating group) is 1. The van der Waals surface area contributed by atoms with Gasteiger partial charge in [0.1, 0.15) is 6.04 Å². The number of hydrogen-bond donors (Lipinski definition) is 2. The summed E-state index contributed by atoms with van der Waals surface area (Å²) in [6.07, 6.45) is 0. The van der Waals surface area contributed by atoms with Crippen LogP contribution in [0.3, 0.4) is 0 Å². The van der Waals surface area contributed by atoms with E-state index in [4.69, 9.17) is 0 Å². The first-order valence-corrected chi connectivity index (χ1v) is 8.25. The number of rotatable bonds is 4. The molecule has 24 heavy (non-hydrogen) atoms. The summed E-state index contributed by atoms with van der Waals surface area (Å²) < 4.78 is 0. The number of amides is 1. The molecular weight excluding hydrogens is 306 g/mol. The normalized spacial score (nSPS) is 17.4. The fourth-order valence-corrected chi connectivity index (χ4v) is 2.75. The molecule has 1 atom stereocenters. The molecule has 1 unspecified atom stereocenters. The third-order valence-corrected chi connectivity index (χ3v) is 4.32. The molecule has 2 rings (SSSR count). The Balaban J connectivity index is 2.13. The van der Waals surface area contributed by atoms with Gasteiger partial charge in [0.15, 0.2) is 0 Å².